The van der Waals surface area contributed by atoms with Crippen molar-refractivity contribution in [3.8, 4) is 17.6 Å². The Morgan fingerprint density at radius 1 is 1.07 bits per heavy atom. The van der Waals surface area contributed by atoms with Crippen LogP contribution in [-0.4, -0.2) is 6.61 Å². The molecule has 0 aliphatic rings. The van der Waals surface area contributed by atoms with Gasteiger partial charge in [0.05, 0.1) is 23.3 Å². The minimum Gasteiger partial charge on any atom is -0.490 e. The van der Waals surface area contributed by atoms with E-state index < -0.39 is 5.82 Å². The summed E-state index contributed by atoms with van der Waals surface area (Å²) in [5.41, 5.74) is 2.04. The highest BCUT2D eigenvalue weighted by molar-refractivity contribution is 6.32. The number of hydrogen-bond acceptors (Lipinski definition) is 3. The van der Waals surface area contributed by atoms with Crippen molar-refractivity contribution < 1.29 is 13.9 Å². The van der Waals surface area contributed by atoms with Gasteiger partial charge in [-0.15, -0.1) is 0 Å². The van der Waals surface area contributed by atoms with Gasteiger partial charge in [-0.05, 0) is 42.3 Å². The molecule has 0 saturated heterocycles. The van der Waals surface area contributed by atoms with Crippen molar-refractivity contribution in [2.24, 2.45) is 0 Å². The fraction of sp³-hybridized carbons (Fsp3) is 0.125. The predicted octanol–water partition coefficient (Wildman–Crippen LogP) is 6.52. The Hall–Kier alpha value is -3.29. The first-order chi connectivity index (χ1) is 14.1. The third-order valence-electron chi connectivity index (χ3n) is 4.15. The molecule has 0 aliphatic heterocycles. The highest BCUT2D eigenvalue weighted by Gasteiger charge is 2.14. The van der Waals surface area contributed by atoms with E-state index >= 15 is 0 Å². The number of ether oxygens (including phenoxy) is 2. The van der Waals surface area contributed by atoms with Gasteiger partial charge in [-0.25, -0.2) is 4.39 Å². The van der Waals surface area contributed by atoms with Crippen LogP contribution in [-0.2, 0) is 6.61 Å². The lowest BCUT2D eigenvalue weighted by Crippen LogP contribution is -2.01. The van der Waals surface area contributed by atoms with Gasteiger partial charge in [-0.3, -0.25) is 0 Å². The first-order valence-electron chi connectivity index (χ1n) is 9.12. The van der Waals surface area contributed by atoms with Crippen LogP contribution in [0.1, 0.15) is 23.6 Å². The fourth-order valence-electron chi connectivity index (χ4n) is 2.82. The third-order valence-corrected chi connectivity index (χ3v) is 4.43. The summed E-state index contributed by atoms with van der Waals surface area (Å²) in [5, 5.41) is 9.85. The third kappa shape index (κ3) is 5.16. The van der Waals surface area contributed by atoms with Gasteiger partial charge in [0.25, 0.3) is 0 Å². The maximum Gasteiger partial charge on any atom is 0.180 e. The van der Waals surface area contributed by atoms with Gasteiger partial charge in [-0.1, -0.05) is 60.1 Å². The fourth-order valence-corrected chi connectivity index (χ4v) is 3.09. The molecule has 0 saturated carbocycles. The van der Waals surface area contributed by atoms with E-state index in [4.69, 9.17) is 21.1 Å². The van der Waals surface area contributed by atoms with Gasteiger partial charge in [0.15, 0.2) is 11.5 Å². The molecule has 3 nitrogen and oxygen atoms in total. The van der Waals surface area contributed by atoms with Crippen molar-refractivity contribution >= 4 is 23.3 Å². The standard InChI is InChI=1S/C24H19ClFNO2/c1-2-28-23-14-18(12-19(15-27)20-10-6-7-11-22(20)26)13-21(25)24(23)29-16-17-8-4-3-5-9-17/h3-14H,2,16H2,1H3. The second kappa shape index (κ2) is 9.77. The van der Waals surface area contributed by atoms with E-state index in [0.29, 0.717) is 35.3 Å². The molecule has 0 unspecified atom stereocenters. The number of nitrogens with zero attached hydrogens (tertiary/aromatic N) is 1. The van der Waals surface area contributed by atoms with E-state index in [1.807, 2.05) is 43.3 Å². The quantitative estimate of drug-likeness (QED) is 0.330. The molecule has 0 heterocycles. The molecule has 0 N–H and O–H groups in total. The number of rotatable bonds is 7. The van der Waals surface area contributed by atoms with Gasteiger partial charge in [-0.2, -0.15) is 5.26 Å². The molecule has 0 bridgehead atoms. The van der Waals surface area contributed by atoms with Crippen molar-refractivity contribution in [1.29, 1.82) is 5.26 Å². The Morgan fingerprint density at radius 2 is 1.79 bits per heavy atom. The van der Waals surface area contributed by atoms with Crippen LogP contribution in [0.2, 0.25) is 5.02 Å². The molecule has 0 spiro atoms. The second-order valence-electron chi connectivity index (χ2n) is 6.19. The van der Waals surface area contributed by atoms with Crippen molar-refractivity contribution in [2.45, 2.75) is 13.5 Å². The lowest BCUT2D eigenvalue weighted by Gasteiger charge is -2.15. The molecule has 0 fully saturated rings. The minimum atomic E-state index is -0.459. The summed E-state index contributed by atoms with van der Waals surface area (Å²) in [7, 11) is 0. The molecule has 0 aromatic heterocycles. The summed E-state index contributed by atoms with van der Waals surface area (Å²) < 4.78 is 25.7. The summed E-state index contributed by atoms with van der Waals surface area (Å²) >= 11 is 6.45. The molecule has 0 amide bonds. The average Bonchev–Trinajstić information content (AvgIpc) is 2.73. The van der Waals surface area contributed by atoms with E-state index in [0.717, 1.165) is 5.56 Å². The Labute approximate surface area is 174 Å². The molecule has 3 rings (SSSR count). The molecule has 3 aromatic carbocycles. The predicted molar refractivity (Wildman–Crippen MR) is 113 cm³/mol. The van der Waals surface area contributed by atoms with Crippen LogP contribution in [0.5, 0.6) is 11.5 Å². The summed E-state index contributed by atoms with van der Waals surface area (Å²) in [6.07, 6.45) is 1.58. The Kier molecular flexibility index (Phi) is 6.89. The lowest BCUT2D eigenvalue weighted by molar-refractivity contribution is 0.269. The van der Waals surface area contributed by atoms with Gasteiger partial charge in [0, 0.05) is 5.56 Å². The number of allylic oxidation sites excluding steroid dienone is 1. The smallest absolute Gasteiger partial charge is 0.180 e. The SMILES string of the molecule is CCOc1cc(C=C(C#N)c2ccccc2F)cc(Cl)c1OCc1ccccc1. The highest BCUT2D eigenvalue weighted by Crippen LogP contribution is 2.38. The van der Waals surface area contributed by atoms with Crippen molar-refractivity contribution in [3.63, 3.8) is 0 Å². The molecular weight excluding hydrogens is 389 g/mol. The molecule has 0 atom stereocenters. The molecular formula is C24H19ClFNO2. The second-order valence-corrected chi connectivity index (χ2v) is 6.59. The summed E-state index contributed by atoms with van der Waals surface area (Å²) in [5.74, 6) is 0.436. The van der Waals surface area contributed by atoms with E-state index in [1.54, 1.807) is 36.4 Å². The number of halogens is 2. The van der Waals surface area contributed by atoms with Crippen LogP contribution in [0.4, 0.5) is 4.39 Å². The van der Waals surface area contributed by atoms with E-state index in [-0.39, 0.29) is 11.1 Å². The van der Waals surface area contributed by atoms with Crippen molar-refractivity contribution in [2.75, 3.05) is 6.61 Å². The summed E-state index contributed by atoms with van der Waals surface area (Å²) in [6, 6.07) is 21.3. The molecule has 146 valence electrons. The zero-order chi connectivity index (χ0) is 20.6. The molecule has 3 aromatic rings. The molecule has 0 aliphatic carbocycles. The Morgan fingerprint density at radius 3 is 2.48 bits per heavy atom. The molecule has 5 heteroatoms. The first kappa shape index (κ1) is 20.4. The minimum absolute atomic E-state index is 0.194. The van der Waals surface area contributed by atoms with Gasteiger partial charge in [0.2, 0.25) is 0 Å². The van der Waals surface area contributed by atoms with Crippen LogP contribution in [0.25, 0.3) is 11.6 Å². The average molecular weight is 408 g/mol. The molecule has 29 heavy (non-hydrogen) atoms. The number of hydrogen-bond donors (Lipinski definition) is 0. The summed E-state index contributed by atoms with van der Waals surface area (Å²) in [6.45, 7) is 2.62. The number of nitriles is 1. The van der Waals surface area contributed by atoms with E-state index in [2.05, 4.69) is 0 Å². The highest BCUT2D eigenvalue weighted by atomic mass is 35.5. The van der Waals surface area contributed by atoms with E-state index in [9.17, 15) is 9.65 Å². The normalized spacial score (nSPS) is 11.0. The van der Waals surface area contributed by atoms with Crippen LogP contribution >= 0.6 is 11.6 Å². The maximum atomic E-state index is 14.1. The maximum absolute atomic E-state index is 14.1. The van der Waals surface area contributed by atoms with Crippen LogP contribution < -0.4 is 9.47 Å². The van der Waals surface area contributed by atoms with E-state index in [1.165, 1.54) is 6.07 Å². The molecule has 0 radical (unpaired) electrons. The zero-order valence-electron chi connectivity index (χ0n) is 15.9. The van der Waals surface area contributed by atoms with Crippen LogP contribution in [0.15, 0.2) is 66.7 Å². The van der Waals surface area contributed by atoms with Gasteiger partial charge in [0.1, 0.15) is 12.4 Å². The van der Waals surface area contributed by atoms with Crippen LogP contribution in [0.3, 0.4) is 0 Å². The first-order valence-corrected chi connectivity index (χ1v) is 9.50. The monoisotopic (exact) mass is 407 g/mol. The Bertz CT molecular complexity index is 1060. The van der Waals surface area contributed by atoms with Crippen molar-refractivity contribution in [3.05, 3.63) is 94.3 Å². The summed E-state index contributed by atoms with van der Waals surface area (Å²) in [4.78, 5) is 0. The number of benzene rings is 3. The largest absolute Gasteiger partial charge is 0.490 e. The van der Waals surface area contributed by atoms with Gasteiger partial charge >= 0.3 is 0 Å². The van der Waals surface area contributed by atoms with Gasteiger partial charge < -0.3 is 9.47 Å². The lowest BCUT2D eigenvalue weighted by atomic mass is 10.0. The zero-order valence-corrected chi connectivity index (χ0v) is 16.6. The topological polar surface area (TPSA) is 42.2 Å². The van der Waals surface area contributed by atoms with Crippen LogP contribution in [0, 0.1) is 17.1 Å². The Balaban J connectivity index is 1.95. The van der Waals surface area contributed by atoms with Crippen molar-refractivity contribution in [1.82, 2.24) is 0 Å².